The van der Waals surface area contributed by atoms with Crippen LogP contribution >= 0.6 is 11.3 Å². The number of nitrogens with zero attached hydrogens (tertiary/aromatic N) is 4. The molecule has 0 aliphatic carbocycles. The summed E-state index contributed by atoms with van der Waals surface area (Å²) in [6, 6.07) is 16.6. The number of hydrogen-bond donors (Lipinski definition) is 0. The third-order valence-electron chi connectivity index (χ3n) is 4.64. The number of hydrogen-bond acceptors (Lipinski definition) is 5. The van der Waals surface area contributed by atoms with Crippen molar-refractivity contribution in [1.29, 1.82) is 0 Å². The predicted molar refractivity (Wildman–Crippen MR) is 117 cm³/mol. The van der Waals surface area contributed by atoms with Crippen LogP contribution in [0.2, 0.25) is 0 Å². The number of rotatable bonds is 4. The van der Waals surface area contributed by atoms with Crippen LogP contribution in [-0.2, 0) is 0 Å². The van der Waals surface area contributed by atoms with Gasteiger partial charge in [-0.1, -0.05) is 12.1 Å². The maximum atomic E-state index is 4.43. The first kappa shape index (κ1) is 17.4. The van der Waals surface area contributed by atoms with Crippen molar-refractivity contribution >= 4 is 11.3 Å². The zero-order valence-corrected chi connectivity index (χ0v) is 16.3. The molecule has 0 atom stereocenters. The van der Waals surface area contributed by atoms with Gasteiger partial charge in [-0.25, -0.2) is 0 Å². The van der Waals surface area contributed by atoms with Gasteiger partial charge in [-0.3, -0.25) is 19.9 Å². The molecule has 0 bridgehead atoms. The molecule has 5 aromatic heterocycles. The Labute approximate surface area is 172 Å². The van der Waals surface area contributed by atoms with Crippen LogP contribution in [0.3, 0.4) is 0 Å². The van der Waals surface area contributed by atoms with E-state index in [4.69, 9.17) is 0 Å². The molecule has 0 N–H and O–H groups in total. The predicted octanol–water partition coefficient (Wildman–Crippen LogP) is 6.00. The summed E-state index contributed by atoms with van der Waals surface area (Å²) < 4.78 is 0. The Morgan fingerprint density at radius 2 is 0.897 bits per heavy atom. The van der Waals surface area contributed by atoms with Gasteiger partial charge in [-0.05, 0) is 36.4 Å². The average molecular weight is 392 g/mol. The molecule has 0 fully saturated rings. The van der Waals surface area contributed by atoms with E-state index in [-0.39, 0.29) is 0 Å². The zero-order valence-electron chi connectivity index (χ0n) is 15.4. The fourth-order valence-corrected chi connectivity index (χ4v) is 4.15. The Hall–Kier alpha value is -3.70. The zero-order chi connectivity index (χ0) is 19.5. The highest BCUT2D eigenvalue weighted by molar-refractivity contribution is 7.18. The molecular formula is C24H16N4S. The van der Waals surface area contributed by atoms with E-state index >= 15 is 0 Å². The Kier molecular flexibility index (Phi) is 4.64. The number of aromatic nitrogens is 4. The minimum Gasteiger partial charge on any atom is -0.264 e. The summed E-state index contributed by atoms with van der Waals surface area (Å²) in [5.74, 6) is 0. The van der Waals surface area contributed by atoms with Crippen molar-refractivity contribution in [3.63, 3.8) is 0 Å². The molecule has 0 aliphatic heterocycles. The lowest BCUT2D eigenvalue weighted by atomic mass is 10.1. The largest absolute Gasteiger partial charge is 0.264 e. The summed E-state index contributed by atoms with van der Waals surface area (Å²) in [5, 5.41) is 0. The summed E-state index contributed by atoms with van der Waals surface area (Å²) in [5.41, 5.74) is 6.44. The summed E-state index contributed by atoms with van der Waals surface area (Å²) in [7, 11) is 0. The van der Waals surface area contributed by atoms with Crippen LogP contribution in [0.15, 0.2) is 98.1 Å². The van der Waals surface area contributed by atoms with E-state index < -0.39 is 0 Å². The molecule has 5 heterocycles. The van der Waals surface area contributed by atoms with E-state index in [2.05, 4.69) is 44.2 Å². The smallest absolute Gasteiger partial charge is 0.0365 e. The molecular weight excluding hydrogens is 376 g/mol. The van der Waals surface area contributed by atoms with Crippen LogP contribution in [0.4, 0.5) is 0 Å². The Morgan fingerprint density at radius 1 is 0.448 bits per heavy atom. The molecule has 29 heavy (non-hydrogen) atoms. The van der Waals surface area contributed by atoms with Crippen LogP contribution in [0.5, 0.6) is 0 Å². The lowest BCUT2D eigenvalue weighted by molar-refractivity contribution is 1.30. The Balaban J connectivity index is 1.48. The van der Waals surface area contributed by atoms with Gasteiger partial charge in [0.2, 0.25) is 0 Å². The molecule has 0 radical (unpaired) electrons. The summed E-state index contributed by atoms with van der Waals surface area (Å²) in [6.07, 6.45) is 14.8. The van der Waals surface area contributed by atoms with E-state index in [9.17, 15) is 0 Å². The minimum absolute atomic E-state index is 1.06. The average Bonchev–Trinajstić information content (AvgIpc) is 3.31. The molecule has 5 aromatic rings. The first-order chi connectivity index (χ1) is 14.4. The first-order valence-electron chi connectivity index (χ1n) is 9.18. The van der Waals surface area contributed by atoms with E-state index in [1.165, 1.54) is 9.75 Å². The molecule has 0 spiro atoms. The molecule has 0 aromatic carbocycles. The Bertz CT molecular complexity index is 1150. The topological polar surface area (TPSA) is 51.6 Å². The Morgan fingerprint density at radius 3 is 1.34 bits per heavy atom. The van der Waals surface area contributed by atoms with Crippen molar-refractivity contribution in [3.05, 3.63) is 98.1 Å². The maximum Gasteiger partial charge on any atom is 0.0365 e. The fourth-order valence-electron chi connectivity index (χ4n) is 3.18. The second-order valence-electron chi connectivity index (χ2n) is 6.57. The third kappa shape index (κ3) is 3.68. The molecule has 5 rings (SSSR count). The molecule has 0 saturated heterocycles. The standard InChI is InChI=1S/C24H16N4S/c1-3-17(11-25-7-1)19-9-21(15-27-13-19)23-5-6-24(29-23)22-10-20(14-28-16-22)18-4-2-8-26-12-18/h1-16H. The molecule has 0 aliphatic rings. The SMILES string of the molecule is c1cncc(-c2cncc(-c3ccc(-c4cncc(-c5cccnc5)c4)s3)c2)c1. The highest BCUT2D eigenvalue weighted by atomic mass is 32.1. The van der Waals surface area contributed by atoms with Gasteiger partial charge in [-0.15, -0.1) is 11.3 Å². The van der Waals surface area contributed by atoms with Crippen molar-refractivity contribution in [2.45, 2.75) is 0 Å². The van der Waals surface area contributed by atoms with Crippen molar-refractivity contribution in [1.82, 2.24) is 19.9 Å². The van der Waals surface area contributed by atoms with Gasteiger partial charge < -0.3 is 0 Å². The molecule has 5 heteroatoms. The second kappa shape index (κ2) is 7.73. The molecule has 0 unspecified atom stereocenters. The molecule has 138 valence electrons. The van der Waals surface area contributed by atoms with Crippen LogP contribution in [-0.4, -0.2) is 19.9 Å². The first-order valence-corrected chi connectivity index (χ1v) is 10.00. The van der Waals surface area contributed by atoms with Crippen LogP contribution in [0.25, 0.3) is 43.1 Å². The maximum absolute atomic E-state index is 4.43. The van der Waals surface area contributed by atoms with Gasteiger partial charge in [0.05, 0.1) is 0 Å². The lowest BCUT2D eigenvalue weighted by Crippen LogP contribution is -1.83. The van der Waals surface area contributed by atoms with Gasteiger partial charge in [-0.2, -0.15) is 0 Å². The quantitative estimate of drug-likeness (QED) is 0.377. The molecule has 4 nitrogen and oxygen atoms in total. The van der Waals surface area contributed by atoms with Gasteiger partial charge in [0.1, 0.15) is 0 Å². The monoisotopic (exact) mass is 392 g/mol. The highest BCUT2D eigenvalue weighted by Crippen LogP contribution is 2.36. The van der Waals surface area contributed by atoms with Crippen molar-refractivity contribution in [2.75, 3.05) is 0 Å². The summed E-state index contributed by atoms with van der Waals surface area (Å²) in [6.45, 7) is 0. The van der Waals surface area contributed by atoms with Crippen molar-refractivity contribution in [2.24, 2.45) is 0 Å². The summed E-state index contributed by atoms with van der Waals surface area (Å²) in [4.78, 5) is 19.6. The number of thiophene rings is 1. The molecule has 0 amide bonds. The van der Waals surface area contributed by atoms with E-state index in [0.717, 1.165) is 33.4 Å². The van der Waals surface area contributed by atoms with Crippen LogP contribution in [0.1, 0.15) is 0 Å². The van der Waals surface area contributed by atoms with Gasteiger partial charge in [0.15, 0.2) is 0 Å². The third-order valence-corrected chi connectivity index (χ3v) is 5.82. The van der Waals surface area contributed by atoms with E-state index in [0.29, 0.717) is 0 Å². The van der Waals surface area contributed by atoms with E-state index in [1.54, 1.807) is 23.7 Å². The summed E-state index contributed by atoms with van der Waals surface area (Å²) >= 11 is 1.74. The van der Waals surface area contributed by atoms with Gasteiger partial charge in [0.25, 0.3) is 0 Å². The van der Waals surface area contributed by atoms with Crippen molar-refractivity contribution < 1.29 is 0 Å². The van der Waals surface area contributed by atoms with Crippen molar-refractivity contribution in [3.8, 4) is 43.1 Å². The highest BCUT2D eigenvalue weighted by Gasteiger charge is 2.09. The van der Waals surface area contributed by atoms with Gasteiger partial charge in [0, 0.05) is 92.7 Å². The van der Waals surface area contributed by atoms with Gasteiger partial charge >= 0.3 is 0 Å². The molecule has 0 saturated carbocycles. The lowest BCUT2D eigenvalue weighted by Gasteiger charge is -2.04. The fraction of sp³-hybridized carbons (Fsp3) is 0. The second-order valence-corrected chi connectivity index (χ2v) is 7.66. The van der Waals surface area contributed by atoms with E-state index in [1.807, 2.05) is 61.4 Å². The number of pyridine rings is 4. The van der Waals surface area contributed by atoms with Crippen LogP contribution < -0.4 is 0 Å². The normalized spacial score (nSPS) is 10.8. The van der Waals surface area contributed by atoms with Crippen LogP contribution in [0, 0.1) is 0 Å². The minimum atomic E-state index is 1.06.